The van der Waals surface area contributed by atoms with Crippen molar-refractivity contribution in [3.63, 3.8) is 0 Å². The highest BCUT2D eigenvalue weighted by Crippen LogP contribution is 2.48. The summed E-state index contributed by atoms with van der Waals surface area (Å²) in [5, 5.41) is 9.37. The summed E-state index contributed by atoms with van der Waals surface area (Å²) >= 11 is 0. The molecule has 9 rings (SSSR count). The van der Waals surface area contributed by atoms with Crippen LogP contribution in [0.25, 0.3) is 0 Å². The lowest BCUT2D eigenvalue weighted by molar-refractivity contribution is -0.113. The molecule has 0 saturated carbocycles. The molecule has 0 aliphatic rings. The van der Waals surface area contributed by atoms with Gasteiger partial charge in [0.05, 0.1) is 120 Å². The first-order valence-corrected chi connectivity index (χ1v) is 38.5. The predicted molar refractivity (Wildman–Crippen MR) is 425 cm³/mol. The quantitative estimate of drug-likeness (QED) is 0.0201. The average molecular weight is 1490 g/mol. The van der Waals surface area contributed by atoms with Gasteiger partial charge in [0, 0.05) is 38.5 Å². The number of ether oxygens (including phenoxy) is 13. The van der Waals surface area contributed by atoms with E-state index in [0.29, 0.717) is 91.6 Å². The molecule has 9 aromatic rings. The number of nitriles is 1. The second-order valence-corrected chi connectivity index (χ2v) is 28.4. The van der Waals surface area contributed by atoms with Gasteiger partial charge in [-0.25, -0.2) is 4.67 Å². The minimum Gasteiger partial charge on any atom is -0.497 e. The van der Waals surface area contributed by atoms with Gasteiger partial charge in [-0.2, -0.15) is 5.26 Å². The van der Waals surface area contributed by atoms with Crippen LogP contribution in [-0.2, 0) is 59.0 Å². The molecule has 1 unspecified atom stereocenters. The van der Waals surface area contributed by atoms with Crippen LogP contribution in [0.2, 0.25) is 0 Å². The van der Waals surface area contributed by atoms with Crippen molar-refractivity contribution in [2.75, 3.05) is 129 Å². The largest absolute Gasteiger partial charge is 0.497 e. The van der Waals surface area contributed by atoms with Crippen molar-refractivity contribution in [2.45, 2.75) is 95.1 Å². The molecule has 108 heavy (non-hydrogen) atoms. The predicted octanol–water partition coefficient (Wildman–Crippen LogP) is 18.4. The molecule has 574 valence electrons. The molecule has 0 heterocycles. The zero-order chi connectivity index (χ0) is 76.3. The monoisotopic (exact) mass is 1490 g/mol. The standard InChI is InChI=1S/C90H109N2O15P/c1-70(2)92(71(3)4)108(107-65-22-56-91)106-64-21-20-57-99-66-87(67-100-58-23-61-103-88(72-26-14-11-15-27-72,75-32-44-81(93-5)45-33-75)76-34-46-82(94-6)47-35-76,68-101-59-24-62-104-89(73-28-16-12-17-29-73,77-36-48-83(95-7)49-37-77)78-38-50-84(96-8)51-39-78)69-102-60-25-63-105-90(74-30-18-13-19-31-74,79-40-52-85(97-9)53-41-79)80-42-54-86(98-10)55-43-80/h11-19,26-55,70-71H,20-25,57-69H2,1-10H3. The molecule has 0 fully saturated rings. The summed E-state index contributed by atoms with van der Waals surface area (Å²) in [6.07, 6.45) is 3.33. The fourth-order valence-electron chi connectivity index (χ4n) is 13.5. The number of rotatable bonds is 50. The number of nitrogens with zero attached hydrogens (tertiary/aromatic N) is 2. The van der Waals surface area contributed by atoms with E-state index in [1.807, 2.05) is 127 Å². The zero-order valence-electron chi connectivity index (χ0n) is 64.6. The molecule has 0 aliphatic heterocycles. The van der Waals surface area contributed by atoms with Crippen LogP contribution in [0.4, 0.5) is 0 Å². The lowest BCUT2D eigenvalue weighted by atomic mass is 9.80. The van der Waals surface area contributed by atoms with Crippen molar-refractivity contribution in [1.29, 1.82) is 5.26 Å². The van der Waals surface area contributed by atoms with Crippen molar-refractivity contribution in [2.24, 2.45) is 5.41 Å². The van der Waals surface area contributed by atoms with Crippen LogP contribution in [0.3, 0.4) is 0 Å². The number of hydrogen-bond donors (Lipinski definition) is 0. The van der Waals surface area contributed by atoms with Gasteiger partial charge in [-0.1, -0.05) is 164 Å². The van der Waals surface area contributed by atoms with Gasteiger partial charge >= 0.3 is 0 Å². The van der Waals surface area contributed by atoms with Gasteiger partial charge in [0.15, 0.2) is 0 Å². The van der Waals surface area contributed by atoms with Gasteiger partial charge in [-0.05, 0) is 183 Å². The van der Waals surface area contributed by atoms with Crippen molar-refractivity contribution < 1.29 is 70.6 Å². The van der Waals surface area contributed by atoms with Crippen LogP contribution >= 0.6 is 8.53 Å². The molecule has 0 aromatic heterocycles. The van der Waals surface area contributed by atoms with E-state index in [4.69, 9.17) is 70.6 Å². The first-order valence-electron chi connectivity index (χ1n) is 37.3. The van der Waals surface area contributed by atoms with Crippen LogP contribution in [0.5, 0.6) is 34.5 Å². The van der Waals surface area contributed by atoms with E-state index >= 15 is 0 Å². The van der Waals surface area contributed by atoms with Gasteiger partial charge in [-0.3, -0.25) is 0 Å². The Hall–Kier alpha value is -8.70. The van der Waals surface area contributed by atoms with Crippen molar-refractivity contribution in [3.8, 4) is 40.6 Å². The van der Waals surface area contributed by atoms with E-state index in [1.54, 1.807) is 42.7 Å². The molecule has 0 bridgehead atoms. The highest BCUT2D eigenvalue weighted by atomic mass is 31.2. The second-order valence-electron chi connectivity index (χ2n) is 26.9. The maximum atomic E-state index is 9.37. The summed E-state index contributed by atoms with van der Waals surface area (Å²) in [4.78, 5) is 0. The normalized spacial score (nSPS) is 12.3. The van der Waals surface area contributed by atoms with Crippen LogP contribution in [0.1, 0.15) is 116 Å². The number of benzene rings is 9. The van der Waals surface area contributed by atoms with Gasteiger partial charge in [-0.15, -0.1) is 0 Å². The number of hydrogen-bond acceptors (Lipinski definition) is 17. The Labute approximate surface area is 642 Å². The van der Waals surface area contributed by atoms with E-state index in [2.05, 4.69) is 148 Å². The highest BCUT2D eigenvalue weighted by Gasteiger charge is 2.42. The third kappa shape index (κ3) is 22.0. The first kappa shape index (κ1) is 83.3. The summed E-state index contributed by atoms with van der Waals surface area (Å²) in [5.41, 5.74) is 4.64. The van der Waals surface area contributed by atoms with Crippen molar-refractivity contribution in [3.05, 3.63) is 287 Å². The Kier molecular flexibility index (Phi) is 33.6. The Morgan fingerprint density at radius 1 is 0.296 bits per heavy atom. The molecule has 9 aromatic carbocycles. The van der Waals surface area contributed by atoms with E-state index in [1.165, 1.54) is 0 Å². The van der Waals surface area contributed by atoms with Gasteiger partial charge in [0.1, 0.15) is 51.3 Å². The summed E-state index contributed by atoms with van der Waals surface area (Å²) < 4.78 is 98.4. The number of unbranched alkanes of at least 4 members (excludes halogenated alkanes) is 1. The zero-order valence-corrected chi connectivity index (χ0v) is 65.5. The van der Waals surface area contributed by atoms with Crippen LogP contribution in [0.15, 0.2) is 237 Å². The van der Waals surface area contributed by atoms with E-state index in [0.717, 1.165) is 84.6 Å². The smallest absolute Gasteiger partial charge is 0.259 e. The Morgan fingerprint density at radius 3 is 0.769 bits per heavy atom. The lowest BCUT2D eigenvalue weighted by Crippen LogP contribution is -2.42. The molecule has 0 radical (unpaired) electrons. The average Bonchev–Trinajstić information content (AvgIpc) is 0.767. The second kappa shape index (κ2) is 43.5. The third-order valence-electron chi connectivity index (χ3n) is 19.0. The topological polar surface area (TPSA) is 165 Å². The molecule has 0 N–H and O–H groups in total. The Balaban J connectivity index is 0.992. The van der Waals surface area contributed by atoms with E-state index in [-0.39, 0.29) is 44.9 Å². The Bertz CT molecular complexity index is 3480. The van der Waals surface area contributed by atoms with Crippen molar-refractivity contribution >= 4 is 8.53 Å². The number of methoxy groups -OCH3 is 6. The molecular formula is C90H109N2O15P. The van der Waals surface area contributed by atoms with Crippen LogP contribution < -0.4 is 28.4 Å². The summed E-state index contributed by atoms with van der Waals surface area (Å²) in [6.45, 7) is 12.7. The molecule has 18 heteroatoms. The van der Waals surface area contributed by atoms with E-state index in [9.17, 15) is 5.26 Å². The SMILES string of the molecule is COc1ccc(C(OCCCOCC(COCCCCOP(OCCC#N)N(C(C)C)C(C)C)(COCCCOC(c2ccccc2)(c2ccc(OC)cc2)c2ccc(OC)cc2)COCCCOC(c2ccccc2)(c2ccc(OC)cc2)c2ccc(OC)cc2)(c2ccccc2)c2ccc(OC)cc2)cc1. The van der Waals surface area contributed by atoms with Crippen LogP contribution in [-0.4, -0.2) is 145 Å². The summed E-state index contributed by atoms with van der Waals surface area (Å²) in [5.74, 6) is 4.43. The third-order valence-corrected chi connectivity index (χ3v) is 21.1. The molecule has 1 atom stereocenters. The molecule has 0 spiro atoms. The summed E-state index contributed by atoms with van der Waals surface area (Å²) in [7, 11) is 8.62. The van der Waals surface area contributed by atoms with Crippen molar-refractivity contribution in [1.82, 2.24) is 4.67 Å². The molecule has 0 saturated heterocycles. The molecule has 17 nitrogen and oxygen atoms in total. The highest BCUT2D eigenvalue weighted by molar-refractivity contribution is 7.44. The first-order chi connectivity index (χ1) is 52.8. The molecular weight excluding hydrogens is 1380 g/mol. The fraction of sp³-hybridized carbons (Fsp3) is 0.389. The fourth-order valence-corrected chi connectivity index (χ4v) is 15.2. The maximum Gasteiger partial charge on any atom is 0.259 e. The van der Waals surface area contributed by atoms with Gasteiger partial charge < -0.3 is 70.6 Å². The Morgan fingerprint density at radius 2 is 0.528 bits per heavy atom. The lowest BCUT2D eigenvalue weighted by Gasteiger charge is -2.36. The van der Waals surface area contributed by atoms with E-state index < -0.39 is 30.7 Å². The van der Waals surface area contributed by atoms with Gasteiger partial charge in [0.25, 0.3) is 8.53 Å². The summed E-state index contributed by atoms with van der Waals surface area (Å²) in [6, 6.07) is 81.8. The molecule has 0 amide bonds. The maximum absolute atomic E-state index is 9.37. The van der Waals surface area contributed by atoms with Crippen LogP contribution in [0, 0.1) is 16.7 Å². The minimum atomic E-state index is -1.40. The van der Waals surface area contributed by atoms with Gasteiger partial charge in [0.2, 0.25) is 0 Å². The minimum absolute atomic E-state index is 0.179. The molecule has 0 aliphatic carbocycles.